The van der Waals surface area contributed by atoms with E-state index in [2.05, 4.69) is 16.0 Å². The Labute approximate surface area is 179 Å². The summed E-state index contributed by atoms with van der Waals surface area (Å²) in [7, 11) is 0. The van der Waals surface area contributed by atoms with Gasteiger partial charge >= 0.3 is 5.97 Å². The van der Waals surface area contributed by atoms with E-state index in [4.69, 9.17) is 5.73 Å². The molecule has 0 saturated carbocycles. The Morgan fingerprint density at radius 2 is 1.23 bits per heavy atom. The van der Waals surface area contributed by atoms with Crippen LogP contribution in [0.3, 0.4) is 0 Å². The molecule has 30 heavy (non-hydrogen) atoms. The van der Waals surface area contributed by atoms with Crippen LogP contribution in [0.4, 0.5) is 0 Å². The van der Waals surface area contributed by atoms with Crippen LogP contribution in [0.25, 0.3) is 0 Å². The Hall–Kier alpha value is -2.16. The molecule has 0 saturated heterocycles. The third-order valence-electron chi connectivity index (χ3n) is 4.87. The Balaban J connectivity index is 5.49. The van der Waals surface area contributed by atoms with Gasteiger partial charge in [0.05, 0.1) is 6.04 Å². The lowest BCUT2D eigenvalue weighted by molar-refractivity contribution is -0.143. The van der Waals surface area contributed by atoms with Crippen molar-refractivity contribution in [3.63, 3.8) is 0 Å². The van der Waals surface area contributed by atoms with Gasteiger partial charge in [0.25, 0.3) is 0 Å². The summed E-state index contributed by atoms with van der Waals surface area (Å²) >= 11 is 0. The van der Waals surface area contributed by atoms with E-state index < -0.39 is 47.9 Å². The Morgan fingerprint density at radius 3 is 1.63 bits per heavy atom. The number of carboxylic acids is 1. The van der Waals surface area contributed by atoms with Crippen molar-refractivity contribution < 1.29 is 24.3 Å². The lowest BCUT2D eigenvalue weighted by Gasteiger charge is -2.28. The van der Waals surface area contributed by atoms with E-state index >= 15 is 0 Å². The van der Waals surface area contributed by atoms with E-state index in [1.54, 1.807) is 6.92 Å². The molecule has 0 bridgehead atoms. The molecule has 0 spiro atoms. The van der Waals surface area contributed by atoms with E-state index in [0.717, 1.165) is 0 Å². The van der Waals surface area contributed by atoms with E-state index in [1.807, 2.05) is 34.6 Å². The third-order valence-corrected chi connectivity index (χ3v) is 4.87. The molecule has 3 amide bonds. The molecule has 0 aromatic heterocycles. The van der Waals surface area contributed by atoms with Gasteiger partial charge in [-0.25, -0.2) is 4.79 Å². The summed E-state index contributed by atoms with van der Waals surface area (Å²) in [5.74, 6) is -2.65. The number of carboxylic acid groups (broad SMARTS) is 1. The van der Waals surface area contributed by atoms with Gasteiger partial charge in [-0.15, -0.1) is 0 Å². The van der Waals surface area contributed by atoms with Crippen LogP contribution in [-0.2, 0) is 19.2 Å². The summed E-state index contributed by atoms with van der Waals surface area (Å²) in [6.07, 6.45) is 1.26. The molecule has 9 heteroatoms. The van der Waals surface area contributed by atoms with Gasteiger partial charge in [0, 0.05) is 0 Å². The first-order valence-corrected chi connectivity index (χ1v) is 10.7. The first-order chi connectivity index (χ1) is 13.8. The second kappa shape index (κ2) is 13.2. The minimum Gasteiger partial charge on any atom is -0.480 e. The van der Waals surface area contributed by atoms with E-state index in [9.17, 15) is 24.3 Å². The van der Waals surface area contributed by atoms with Crippen molar-refractivity contribution >= 4 is 23.7 Å². The van der Waals surface area contributed by atoms with Crippen LogP contribution in [0.1, 0.15) is 67.7 Å². The zero-order valence-corrected chi connectivity index (χ0v) is 19.3. The number of nitrogens with one attached hydrogen (secondary N) is 3. The normalized spacial score (nSPS) is 16.3. The molecule has 0 aliphatic rings. The molecule has 0 aromatic carbocycles. The van der Waals surface area contributed by atoms with E-state index in [-0.39, 0.29) is 24.2 Å². The minimum absolute atomic E-state index is 0.0759. The average Bonchev–Trinajstić information content (AvgIpc) is 2.62. The number of carbonyl (C=O) groups is 4. The van der Waals surface area contributed by atoms with Crippen LogP contribution in [0.15, 0.2) is 0 Å². The molecular formula is C21H40N4O5. The molecule has 0 rings (SSSR count). The van der Waals surface area contributed by atoms with Crippen LogP contribution in [0.2, 0.25) is 0 Å². The SMILES string of the molecule is CCC(C)C(NC(=O)C(CC(C)C)NC(=O)C(C)N)C(=O)NC(CC(C)C)C(=O)O. The summed E-state index contributed by atoms with van der Waals surface area (Å²) in [5.41, 5.74) is 5.59. The van der Waals surface area contributed by atoms with E-state index in [1.165, 1.54) is 6.92 Å². The Bertz CT molecular complexity index is 592. The number of carbonyl (C=O) groups excluding carboxylic acids is 3. The van der Waals surface area contributed by atoms with Crippen LogP contribution < -0.4 is 21.7 Å². The quantitative estimate of drug-likeness (QED) is 0.295. The maximum atomic E-state index is 12.9. The fourth-order valence-electron chi connectivity index (χ4n) is 2.92. The predicted octanol–water partition coefficient (Wildman–Crippen LogP) is 1.01. The molecule has 0 aromatic rings. The van der Waals surface area contributed by atoms with Crippen molar-refractivity contribution in [2.75, 3.05) is 0 Å². The Morgan fingerprint density at radius 1 is 0.767 bits per heavy atom. The van der Waals surface area contributed by atoms with Crippen LogP contribution in [0, 0.1) is 17.8 Å². The van der Waals surface area contributed by atoms with Crippen molar-refractivity contribution in [1.82, 2.24) is 16.0 Å². The lowest BCUT2D eigenvalue weighted by Crippen LogP contribution is -2.58. The topological polar surface area (TPSA) is 151 Å². The summed E-state index contributed by atoms with van der Waals surface area (Å²) in [6, 6.07) is -3.56. The first kappa shape index (κ1) is 27.8. The summed E-state index contributed by atoms with van der Waals surface area (Å²) in [5, 5.41) is 17.3. The zero-order valence-electron chi connectivity index (χ0n) is 19.3. The van der Waals surface area contributed by atoms with Gasteiger partial charge in [-0.1, -0.05) is 48.0 Å². The fourth-order valence-corrected chi connectivity index (χ4v) is 2.92. The number of aliphatic carboxylic acids is 1. The van der Waals surface area contributed by atoms with Gasteiger partial charge in [0.1, 0.15) is 18.1 Å². The zero-order chi connectivity index (χ0) is 23.6. The van der Waals surface area contributed by atoms with Crippen molar-refractivity contribution in [3.8, 4) is 0 Å². The molecule has 0 aliphatic heterocycles. The van der Waals surface area contributed by atoms with Crippen LogP contribution in [0.5, 0.6) is 0 Å². The van der Waals surface area contributed by atoms with Crippen molar-refractivity contribution in [1.29, 1.82) is 0 Å². The first-order valence-electron chi connectivity index (χ1n) is 10.7. The number of amides is 3. The summed E-state index contributed by atoms with van der Waals surface area (Å²) in [4.78, 5) is 49.3. The van der Waals surface area contributed by atoms with Crippen molar-refractivity contribution in [2.24, 2.45) is 23.5 Å². The highest BCUT2D eigenvalue weighted by Crippen LogP contribution is 2.12. The number of nitrogens with two attached hydrogens (primary N) is 1. The van der Waals surface area contributed by atoms with E-state index in [0.29, 0.717) is 12.8 Å². The summed E-state index contributed by atoms with van der Waals surface area (Å²) < 4.78 is 0. The molecule has 9 nitrogen and oxygen atoms in total. The second-order valence-electron chi connectivity index (χ2n) is 8.88. The largest absolute Gasteiger partial charge is 0.480 e. The molecule has 5 unspecified atom stereocenters. The summed E-state index contributed by atoms with van der Waals surface area (Å²) in [6.45, 7) is 12.8. The van der Waals surface area contributed by atoms with Crippen molar-refractivity contribution in [3.05, 3.63) is 0 Å². The van der Waals surface area contributed by atoms with Gasteiger partial charge in [-0.3, -0.25) is 14.4 Å². The molecular weight excluding hydrogens is 388 g/mol. The molecule has 0 heterocycles. The molecule has 0 aliphatic carbocycles. The molecule has 0 fully saturated rings. The highest BCUT2D eigenvalue weighted by Gasteiger charge is 2.32. The van der Waals surface area contributed by atoms with Crippen LogP contribution >= 0.6 is 0 Å². The van der Waals surface area contributed by atoms with Gasteiger partial charge in [0.15, 0.2) is 0 Å². The number of hydrogen-bond acceptors (Lipinski definition) is 5. The smallest absolute Gasteiger partial charge is 0.326 e. The molecule has 174 valence electrons. The predicted molar refractivity (Wildman–Crippen MR) is 115 cm³/mol. The molecule has 5 atom stereocenters. The maximum Gasteiger partial charge on any atom is 0.326 e. The minimum atomic E-state index is -1.12. The average molecular weight is 429 g/mol. The monoisotopic (exact) mass is 428 g/mol. The lowest BCUT2D eigenvalue weighted by atomic mass is 9.95. The molecule has 6 N–H and O–H groups in total. The van der Waals surface area contributed by atoms with Gasteiger partial charge in [0.2, 0.25) is 17.7 Å². The standard InChI is InChI=1S/C21H40N4O5/c1-8-13(6)17(20(28)24-16(21(29)30)10-12(4)5)25-19(27)15(9-11(2)3)23-18(26)14(7)22/h11-17H,8-10,22H2,1-7H3,(H,23,26)(H,24,28)(H,25,27)(H,29,30). The number of hydrogen-bond donors (Lipinski definition) is 5. The van der Waals surface area contributed by atoms with Gasteiger partial charge < -0.3 is 26.8 Å². The highest BCUT2D eigenvalue weighted by atomic mass is 16.4. The fraction of sp³-hybridized carbons (Fsp3) is 0.810. The molecule has 0 radical (unpaired) electrons. The third kappa shape index (κ3) is 10.0. The van der Waals surface area contributed by atoms with Crippen LogP contribution in [-0.4, -0.2) is 53.0 Å². The second-order valence-corrected chi connectivity index (χ2v) is 8.88. The highest BCUT2D eigenvalue weighted by molar-refractivity contribution is 5.94. The maximum absolute atomic E-state index is 12.9. The Kier molecular flexibility index (Phi) is 12.3. The number of rotatable bonds is 13. The van der Waals surface area contributed by atoms with Crippen molar-refractivity contribution in [2.45, 2.75) is 91.9 Å². The van der Waals surface area contributed by atoms with Gasteiger partial charge in [-0.05, 0) is 37.5 Å². The van der Waals surface area contributed by atoms with Gasteiger partial charge in [-0.2, -0.15) is 0 Å².